The van der Waals surface area contributed by atoms with Crippen LogP contribution in [0.2, 0.25) is 0 Å². The zero-order valence-electron chi connectivity index (χ0n) is 26.7. The number of nitrogens with zero attached hydrogens (tertiary/aromatic N) is 3. The number of amides is 1. The molecule has 230 valence electrons. The van der Waals surface area contributed by atoms with E-state index < -0.39 is 15.9 Å². The second kappa shape index (κ2) is 10.9. The summed E-state index contributed by atoms with van der Waals surface area (Å²) in [5, 5.41) is 3.32. The Morgan fingerprint density at radius 1 is 0.907 bits per heavy atom. The molecular weight excluding hydrogens is 558 g/mol. The van der Waals surface area contributed by atoms with Gasteiger partial charge in [0, 0.05) is 23.2 Å². The van der Waals surface area contributed by atoms with Gasteiger partial charge in [0.2, 0.25) is 0 Å². The minimum absolute atomic E-state index is 0.0114. The van der Waals surface area contributed by atoms with Crippen molar-refractivity contribution in [2.75, 3.05) is 16.8 Å². The maximum atomic E-state index is 13.7. The van der Waals surface area contributed by atoms with Gasteiger partial charge in [-0.05, 0) is 79.8 Å². The molecule has 43 heavy (non-hydrogen) atoms. The van der Waals surface area contributed by atoms with Gasteiger partial charge in [-0.15, -0.1) is 0 Å². The SMILES string of the molecule is CC(C)(C)c1cccc([C@@H]2CC[C@@H]3CN(c4nc(C(C)(C)C)ccc4C(=O)NS(=O)(=O)c4cccc(n4)N2)C(C)(C)C3)c1. The summed E-state index contributed by atoms with van der Waals surface area (Å²) >= 11 is 0. The van der Waals surface area contributed by atoms with E-state index in [-0.39, 0.29) is 33.0 Å². The molecule has 1 fully saturated rings. The van der Waals surface area contributed by atoms with Crippen molar-refractivity contribution in [3.05, 3.63) is 77.0 Å². The third-order valence-electron chi connectivity index (χ3n) is 8.67. The molecule has 3 aromatic rings. The van der Waals surface area contributed by atoms with Gasteiger partial charge in [-0.3, -0.25) is 4.79 Å². The molecule has 1 saturated heterocycles. The van der Waals surface area contributed by atoms with Crippen molar-refractivity contribution in [1.29, 1.82) is 0 Å². The Hall–Kier alpha value is -3.46. The molecular formula is C34H45N5O3S. The molecule has 2 aliphatic rings. The van der Waals surface area contributed by atoms with Crippen LogP contribution in [0.1, 0.15) is 108 Å². The van der Waals surface area contributed by atoms with Crippen molar-refractivity contribution in [3.8, 4) is 0 Å². The predicted octanol–water partition coefficient (Wildman–Crippen LogP) is 6.74. The molecule has 2 atom stereocenters. The Labute approximate surface area is 256 Å². The third kappa shape index (κ3) is 6.56. The number of hydrogen-bond acceptors (Lipinski definition) is 7. The van der Waals surface area contributed by atoms with Gasteiger partial charge in [0.15, 0.2) is 5.03 Å². The maximum absolute atomic E-state index is 13.7. The first-order valence-corrected chi connectivity index (χ1v) is 16.6. The number of rotatable bonds is 1. The van der Waals surface area contributed by atoms with Gasteiger partial charge < -0.3 is 10.2 Å². The molecule has 0 spiro atoms. The highest BCUT2D eigenvalue weighted by Gasteiger charge is 2.41. The molecule has 1 amide bonds. The second-order valence-corrected chi connectivity index (χ2v) is 16.4. The molecule has 4 heterocycles. The number of hydrogen-bond donors (Lipinski definition) is 2. The van der Waals surface area contributed by atoms with E-state index in [4.69, 9.17) is 4.98 Å². The number of carbonyl (C=O) groups excluding carboxylic acids is 1. The summed E-state index contributed by atoms with van der Waals surface area (Å²) in [5.74, 6) is 0.613. The Morgan fingerprint density at radius 3 is 2.33 bits per heavy atom. The molecule has 5 rings (SSSR count). The fourth-order valence-corrected chi connectivity index (χ4v) is 7.14. The van der Waals surface area contributed by atoms with Crippen LogP contribution in [0, 0.1) is 5.92 Å². The van der Waals surface area contributed by atoms with Gasteiger partial charge in [0.1, 0.15) is 11.6 Å². The molecule has 8 nitrogen and oxygen atoms in total. The first-order chi connectivity index (χ1) is 19.9. The van der Waals surface area contributed by atoms with E-state index in [0.717, 1.165) is 37.1 Å². The highest BCUT2D eigenvalue weighted by Crippen LogP contribution is 2.41. The number of anilines is 2. The number of pyridine rings is 2. The quantitative estimate of drug-likeness (QED) is 0.317. The molecule has 9 heteroatoms. The molecule has 0 unspecified atom stereocenters. The van der Waals surface area contributed by atoms with E-state index in [2.05, 4.69) is 99.6 Å². The topological polar surface area (TPSA) is 104 Å². The number of carbonyl (C=O) groups is 1. The predicted molar refractivity (Wildman–Crippen MR) is 172 cm³/mol. The lowest BCUT2D eigenvalue weighted by Gasteiger charge is -2.34. The molecule has 2 aliphatic heterocycles. The minimum Gasteiger partial charge on any atom is -0.363 e. The van der Waals surface area contributed by atoms with Gasteiger partial charge in [-0.2, -0.15) is 8.42 Å². The summed E-state index contributed by atoms with van der Waals surface area (Å²) in [7, 11) is -4.26. The first-order valence-electron chi connectivity index (χ1n) is 15.1. The van der Waals surface area contributed by atoms with Crippen molar-refractivity contribution in [2.24, 2.45) is 5.92 Å². The van der Waals surface area contributed by atoms with Crippen molar-refractivity contribution in [3.63, 3.8) is 0 Å². The number of fused-ring (bicyclic) bond motifs is 6. The smallest absolute Gasteiger partial charge is 0.281 e. The fourth-order valence-electron chi connectivity index (χ4n) is 6.20. The van der Waals surface area contributed by atoms with Crippen LogP contribution in [-0.2, 0) is 20.9 Å². The van der Waals surface area contributed by atoms with Crippen molar-refractivity contribution in [2.45, 2.75) is 102 Å². The summed E-state index contributed by atoms with van der Waals surface area (Å²) in [4.78, 5) is 25.3. The normalized spacial score (nSPS) is 22.0. The zero-order valence-corrected chi connectivity index (χ0v) is 27.5. The van der Waals surface area contributed by atoms with E-state index in [9.17, 15) is 13.2 Å². The summed E-state index contributed by atoms with van der Waals surface area (Å²) < 4.78 is 29.3. The molecule has 1 aromatic carbocycles. The van der Waals surface area contributed by atoms with E-state index in [1.807, 2.05) is 6.07 Å². The number of aromatic nitrogens is 2. The Morgan fingerprint density at radius 2 is 1.63 bits per heavy atom. The summed E-state index contributed by atoms with van der Waals surface area (Å²) in [6, 6.07) is 16.9. The average molecular weight is 604 g/mol. The highest BCUT2D eigenvalue weighted by molar-refractivity contribution is 7.90. The average Bonchev–Trinajstić information content (AvgIpc) is 3.23. The van der Waals surface area contributed by atoms with Gasteiger partial charge in [-0.1, -0.05) is 71.9 Å². The molecule has 4 bridgehead atoms. The Bertz CT molecular complexity index is 1640. The van der Waals surface area contributed by atoms with Crippen LogP contribution in [0.25, 0.3) is 0 Å². The van der Waals surface area contributed by atoms with E-state index >= 15 is 0 Å². The van der Waals surface area contributed by atoms with E-state index in [1.165, 1.54) is 11.6 Å². The summed E-state index contributed by atoms with van der Waals surface area (Å²) in [5.41, 5.74) is 2.92. The third-order valence-corrected chi connectivity index (χ3v) is 9.90. The monoisotopic (exact) mass is 603 g/mol. The number of sulfonamides is 1. The van der Waals surface area contributed by atoms with Crippen LogP contribution in [0.4, 0.5) is 11.6 Å². The van der Waals surface area contributed by atoms with Crippen LogP contribution < -0.4 is 14.9 Å². The Balaban J connectivity index is 1.62. The number of nitrogens with one attached hydrogen (secondary N) is 2. The van der Waals surface area contributed by atoms with E-state index in [1.54, 1.807) is 18.2 Å². The van der Waals surface area contributed by atoms with E-state index in [0.29, 0.717) is 17.6 Å². The standard InChI is InChI=1S/C34H45N5O3S/c1-32(2,3)24-12-9-11-23(19-24)26-17-15-22-20-34(7,8)39(21-22)30-25(16-18-27(36-30)33(4,5)6)31(40)38-43(41,42)29-14-10-13-28(35-26)37-29/h9-14,16,18-19,22,26H,15,17,20-21H2,1-8H3,(H,35,37)(H,38,40)/t22-,26-/m0/s1. The highest BCUT2D eigenvalue weighted by atomic mass is 32.2. The summed E-state index contributed by atoms with van der Waals surface area (Å²) in [6.07, 6.45) is 2.70. The lowest BCUT2D eigenvalue weighted by molar-refractivity contribution is 0.0981. The lowest BCUT2D eigenvalue weighted by Crippen LogP contribution is -2.41. The first kappa shape index (κ1) is 31.0. The van der Waals surface area contributed by atoms with Crippen LogP contribution in [0.3, 0.4) is 0 Å². The van der Waals surface area contributed by atoms with Crippen LogP contribution in [0.15, 0.2) is 59.6 Å². The zero-order chi connectivity index (χ0) is 31.4. The van der Waals surface area contributed by atoms with Crippen LogP contribution in [-0.4, -0.2) is 36.4 Å². The lowest BCUT2D eigenvalue weighted by atomic mass is 9.84. The second-order valence-electron chi connectivity index (χ2n) is 14.8. The van der Waals surface area contributed by atoms with Crippen molar-refractivity contribution < 1.29 is 13.2 Å². The van der Waals surface area contributed by atoms with Crippen molar-refractivity contribution >= 4 is 27.6 Å². The van der Waals surface area contributed by atoms with Crippen molar-refractivity contribution in [1.82, 2.24) is 14.7 Å². The molecule has 2 aromatic heterocycles. The van der Waals surface area contributed by atoms with Crippen LogP contribution >= 0.6 is 0 Å². The Kier molecular flexibility index (Phi) is 7.86. The minimum atomic E-state index is -4.26. The summed E-state index contributed by atoms with van der Waals surface area (Å²) in [6.45, 7) is 17.9. The van der Waals surface area contributed by atoms with Gasteiger partial charge >= 0.3 is 0 Å². The molecule has 0 radical (unpaired) electrons. The fraction of sp³-hybridized carbons (Fsp3) is 0.500. The van der Waals surface area contributed by atoms with Gasteiger partial charge in [0.25, 0.3) is 15.9 Å². The number of benzene rings is 1. The van der Waals surface area contributed by atoms with Crippen LogP contribution in [0.5, 0.6) is 0 Å². The molecule has 0 aliphatic carbocycles. The maximum Gasteiger partial charge on any atom is 0.281 e. The largest absolute Gasteiger partial charge is 0.363 e. The molecule has 0 saturated carbocycles. The van der Waals surface area contributed by atoms with Gasteiger partial charge in [0.05, 0.1) is 11.6 Å². The molecule has 2 N–H and O–H groups in total. The van der Waals surface area contributed by atoms with Gasteiger partial charge in [-0.25, -0.2) is 14.7 Å².